The van der Waals surface area contributed by atoms with E-state index < -0.39 is 10.0 Å². The normalized spacial score (nSPS) is 15.8. The van der Waals surface area contributed by atoms with Crippen LogP contribution in [0.5, 0.6) is 0 Å². The van der Waals surface area contributed by atoms with Crippen molar-refractivity contribution >= 4 is 26.0 Å². The van der Waals surface area contributed by atoms with E-state index in [1.807, 2.05) is 12.1 Å². The topological polar surface area (TPSA) is 60.2 Å². The molecule has 0 saturated carbocycles. The summed E-state index contributed by atoms with van der Waals surface area (Å²) in [6, 6.07) is 6.77. The number of rotatable bonds is 4. The lowest BCUT2D eigenvalue weighted by Crippen LogP contribution is -2.13. The van der Waals surface area contributed by atoms with Gasteiger partial charge in [-0.05, 0) is 30.0 Å². The summed E-state index contributed by atoms with van der Waals surface area (Å²) < 4.78 is 22.2. The van der Waals surface area contributed by atoms with E-state index in [0.717, 1.165) is 12.0 Å². The van der Waals surface area contributed by atoms with E-state index in [1.54, 1.807) is 12.1 Å². The zero-order valence-corrected chi connectivity index (χ0v) is 11.8. The first-order valence-electron chi connectivity index (χ1n) is 5.13. The van der Waals surface area contributed by atoms with Crippen LogP contribution in [-0.2, 0) is 10.0 Å². The summed E-state index contributed by atoms with van der Waals surface area (Å²) in [6.45, 7) is 4.19. The van der Waals surface area contributed by atoms with Crippen LogP contribution >= 0.6 is 15.9 Å². The third kappa shape index (κ3) is 3.30. The van der Waals surface area contributed by atoms with Gasteiger partial charge in [-0.3, -0.25) is 0 Å². The first-order valence-corrected chi connectivity index (χ1v) is 7.59. The molecule has 0 saturated heterocycles. The van der Waals surface area contributed by atoms with Crippen molar-refractivity contribution < 1.29 is 8.42 Å². The van der Waals surface area contributed by atoms with Crippen molar-refractivity contribution in [3.8, 4) is 0 Å². The Balaban J connectivity index is 3.03. The summed E-state index contributed by atoms with van der Waals surface area (Å²) >= 11 is 3.55. The number of nitrogens with two attached hydrogens (primary N) is 1. The number of sulfonamides is 1. The highest BCUT2D eigenvalue weighted by atomic mass is 79.9. The van der Waals surface area contributed by atoms with Gasteiger partial charge in [0.2, 0.25) is 10.0 Å². The van der Waals surface area contributed by atoms with E-state index in [4.69, 9.17) is 5.14 Å². The Hall–Kier alpha value is -0.390. The van der Waals surface area contributed by atoms with Gasteiger partial charge in [0.25, 0.3) is 0 Å². The number of benzene rings is 1. The van der Waals surface area contributed by atoms with Crippen molar-refractivity contribution in [2.24, 2.45) is 5.14 Å². The lowest BCUT2D eigenvalue weighted by atomic mass is 9.94. The van der Waals surface area contributed by atoms with Gasteiger partial charge in [0.05, 0.1) is 4.90 Å². The molecule has 0 aromatic heterocycles. The second kappa shape index (κ2) is 5.29. The summed E-state index contributed by atoms with van der Waals surface area (Å²) in [6.07, 6.45) is 1.00. The number of alkyl halides is 1. The molecule has 0 spiro atoms. The van der Waals surface area contributed by atoms with Crippen LogP contribution in [0.25, 0.3) is 0 Å². The van der Waals surface area contributed by atoms with Gasteiger partial charge >= 0.3 is 0 Å². The second-order valence-corrected chi connectivity index (χ2v) is 6.81. The SMILES string of the molecule is CCC(c1ccc(S(N)(=O)=O)cc1)C(C)Br. The number of hydrogen-bond donors (Lipinski definition) is 1. The molecular formula is C11H16BrNO2S. The molecule has 2 N–H and O–H groups in total. The van der Waals surface area contributed by atoms with Crippen molar-refractivity contribution in [3.63, 3.8) is 0 Å². The fourth-order valence-corrected chi connectivity index (χ4v) is 2.92. The molecule has 0 aliphatic rings. The predicted octanol–water partition coefficient (Wildman–Crippen LogP) is 2.61. The Morgan fingerprint density at radius 2 is 1.81 bits per heavy atom. The average molecular weight is 306 g/mol. The molecular weight excluding hydrogens is 290 g/mol. The smallest absolute Gasteiger partial charge is 0.225 e. The molecule has 0 aliphatic heterocycles. The summed E-state index contributed by atoms with van der Waals surface area (Å²) in [7, 11) is -3.58. The van der Waals surface area contributed by atoms with Crippen molar-refractivity contribution in [3.05, 3.63) is 29.8 Å². The zero-order chi connectivity index (χ0) is 12.3. The second-order valence-electron chi connectivity index (χ2n) is 3.81. The van der Waals surface area contributed by atoms with Crippen molar-refractivity contribution in [2.45, 2.75) is 35.9 Å². The fourth-order valence-electron chi connectivity index (χ4n) is 1.73. The third-order valence-electron chi connectivity index (χ3n) is 2.63. The van der Waals surface area contributed by atoms with Gasteiger partial charge < -0.3 is 0 Å². The van der Waals surface area contributed by atoms with Gasteiger partial charge in [0, 0.05) is 4.83 Å². The highest BCUT2D eigenvalue weighted by Crippen LogP contribution is 2.28. The van der Waals surface area contributed by atoms with Crippen LogP contribution in [0.15, 0.2) is 29.2 Å². The highest BCUT2D eigenvalue weighted by molar-refractivity contribution is 9.09. The van der Waals surface area contributed by atoms with Crippen molar-refractivity contribution in [1.29, 1.82) is 0 Å². The minimum atomic E-state index is -3.58. The molecule has 1 aromatic carbocycles. The van der Waals surface area contributed by atoms with E-state index in [1.165, 1.54) is 0 Å². The van der Waals surface area contributed by atoms with Gasteiger partial charge in [0.15, 0.2) is 0 Å². The van der Waals surface area contributed by atoms with E-state index in [0.29, 0.717) is 10.7 Å². The molecule has 5 heteroatoms. The molecule has 0 radical (unpaired) electrons. The Morgan fingerprint density at radius 3 is 2.12 bits per heavy atom. The molecule has 2 unspecified atom stereocenters. The number of primary sulfonamides is 1. The maximum Gasteiger partial charge on any atom is 0.238 e. The highest BCUT2D eigenvalue weighted by Gasteiger charge is 2.15. The summed E-state index contributed by atoms with van der Waals surface area (Å²) in [5.74, 6) is 0.384. The van der Waals surface area contributed by atoms with Gasteiger partial charge in [-0.15, -0.1) is 0 Å². The number of hydrogen-bond acceptors (Lipinski definition) is 2. The Morgan fingerprint density at radius 1 is 1.31 bits per heavy atom. The standard InChI is InChI=1S/C11H16BrNO2S/c1-3-11(8(2)12)9-4-6-10(7-5-9)16(13,14)15/h4-8,11H,3H2,1-2H3,(H2,13,14,15). The van der Waals surface area contributed by atoms with Crippen LogP contribution in [0.1, 0.15) is 31.7 Å². The molecule has 3 nitrogen and oxygen atoms in total. The maximum absolute atomic E-state index is 11.1. The quantitative estimate of drug-likeness (QED) is 0.869. The number of halogens is 1. The van der Waals surface area contributed by atoms with Crippen LogP contribution in [0.4, 0.5) is 0 Å². The van der Waals surface area contributed by atoms with Crippen molar-refractivity contribution in [2.75, 3.05) is 0 Å². The van der Waals surface area contributed by atoms with Crippen molar-refractivity contribution in [1.82, 2.24) is 0 Å². The molecule has 1 rings (SSSR count). The van der Waals surface area contributed by atoms with E-state index >= 15 is 0 Å². The zero-order valence-electron chi connectivity index (χ0n) is 9.35. The molecule has 0 heterocycles. The van der Waals surface area contributed by atoms with E-state index in [9.17, 15) is 8.42 Å². The lowest BCUT2D eigenvalue weighted by Gasteiger charge is -2.18. The Bertz CT molecular complexity index is 440. The Labute approximate surface area is 105 Å². The van der Waals surface area contributed by atoms with E-state index in [-0.39, 0.29) is 4.90 Å². The van der Waals surface area contributed by atoms with Gasteiger partial charge in [-0.2, -0.15) is 0 Å². The lowest BCUT2D eigenvalue weighted by molar-refractivity contribution is 0.597. The molecule has 0 amide bonds. The molecule has 2 atom stereocenters. The van der Waals surface area contributed by atoms with E-state index in [2.05, 4.69) is 29.8 Å². The monoisotopic (exact) mass is 305 g/mol. The van der Waals surface area contributed by atoms with Gasteiger partial charge in [0.1, 0.15) is 0 Å². The van der Waals surface area contributed by atoms with Gasteiger partial charge in [-0.25, -0.2) is 13.6 Å². The molecule has 16 heavy (non-hydrogen) atoms. The van der Waals surface area contributed by atoms with Gasteiger partial charge in [-0.1, -0.05) is 41.9 Å². The molecule has 90 valence electrons. The van der Waals surface area contributed by atoms with Crippen LogP contribution in [0, 0.1) is 0 Å². The molecule has 0 fully saturated rings. The summed E-state index contributed by atoms with van der Waals surface area (Å²) in [5.41, 5.74) is 1.12. The maximum atomic E-state index is 11.1. The third-order valence-corrected chi connectivity index (χ3v) is 4.20. The molecule has 0 bridgehead atoms. The Kier molecular flexibility index (Phi) is 4.52. The minimum Gasteiger partial charge on any atom is -0.225 e. The van der Waals surface area contributed by atoms with Crippen LogP contribution in [0.3, 0.4) is 0 Å². The first kappa shape index (κ1) is 13.7. The summed E-state index contributed by atoms with van der Waals surface area (Å²) in [4.78, 5) is 0.520. The largest absolute Gasteiger partial charge is 0.238 e. The summed E-state index contributed by atoms with van der Waals surface area (Å²) in [5, 5.41) is 5.04. The first-order chi connectivity index (χ1) is 7.36. The molecule has 0 aliphatic carbocycles. The van der Waals surface area contributed by atoms with Crippen LogP contribution in [0.2, 0.25) is 0 Å². The molecule has 1 aromatic rings. The average Bonchev–Trinajstić information content (AvgIpc) is 2.17. The van der Waals surface area contributed by atoms with Crippen LogP contribution in [-0.4, -0.2) is 13.2 Å². The minimum absolute atomic E-state index is 0.160. The van der Waals surface area contributed by atoms with Crippen LogP contribution < -0.4 is 5.14 Å². The predicted molar refractivity (Wildman–Crippen MR) is 69.2 cm³/mol. The fraction of sp³-hybridized carbons (Fsp3) is 0.455.